The van der Waals surface area contributed by atoms with Crippen LogP contribution in [-0.4, -0.2) is 25.8 Å². The fraction of sp³-hybridized carbons (Fsp3) is 1.00. The molecule has 0 amide bonds. The lowest BCUT2D eigenvalue weighted by Gasteiger charge is -2.36. The van der Waals surface area contributed by atoms with E-state index in [-0.39, 0.29) is 5.60 Å². The Hall–Kier alpha value is -0.0800. The van der Waals surface area contributed by atoms with Gasteiger partial charge in [0, 0.05) is 13.2 Å². The maximum atomic E-state index is 5.79. The molecule has 0 aromatic heterocycles. The highest BCUT2D eigenvalue weighted by atomic mass is 16.5. The van der Waals surface area contributed by atoms with Crippen molar-refractivity contribution in [3.8, 4) is 0 Å². The molecule has 2 rings (SSSR count). The van der Waals surface area contributed by atoms with Crippen LogP contribution in [-0.2, 0) is 4.74 Å². The standard InChI is InChI=1S/C11H21NO/c1-12-10(9-5-6-9)11(13-2)7-3-4-8-11/h9-10,12H,3-8H2,1-2H3. The van der Waals surface area contributed by atoms with Crippen molar-refractivity contribution in [2.75, 3.05) is 14.2 Å². The Labute approximate surface area is 81.0 Å². The highest BCUT2D eigenvalue weighted by Crippen LogP contribution is 2.45. The third-order valence-electron chi connectivity index (χ3n) is 3.83. The van der Waals surface area contributed by atoms with E-state index in [0.717, 1.165) is 5.92 Å². The van der Waals surface area contributed by atoms with Crippen LogP contribution < -0.4 is 5.32 Å². The van der Waals surface area contributed by atoms with Crippen molar-refractivity contribution < 1.29 is 4.74 Å². The molecule has 0 saturated heterocycles. The Morgan fingerprint density at radius 3 is 2.31 bits per heavy atom. The first kappa shape index (κ1) is 9.47. The van der Waals surface area contributed by atoms with E-state index in [4.69, 9.17) is 4.74 Å². The molecule has 1 atom stereocenters. The lowest BCUT2D eigenvalue weighted by atomic mass is 9.88. The van der Waals surface area contributed by atoms with Gasteiger partial charge in [-0.1, -0.05) is 12.8 Å². The minimum absolute atomic E-state index is 0.177. The summed E-state index contributed by atoms with van der Waals surface area (Å²) >= 11 is 0. The van der Waals surface area contributed by atoms with Gasteiger partial charge in [-0.15, -0.1) is 0 Å². The summed E-state index contributed by atoms with van der Waals surface area (Å²) in [6, 6.07) is 0.611. The van der Waals surface area contributed by atoms with Gasteiger partial charge in [0.25, 0.3) is 0 Å². The van der Waals surface area contributed by atoms with Gasteiger partial charge < -0.3 is 10.1 Å². The summed E-state index contributed by atoms with van der Waals surface area (Å²) in [6.45, 7) is 0. The normalized spacial score (nSPS) is 29.1. The molecule has 13 heavy (non-hydrogen) atoms. The number of hydrogen-bond donors (Lipinski definition) is 1. The maximum absolute atomic E-state index is 5.79. The van der Waals surface area contributed by atoms with Crippen LogP contribution in [0.25, 0.3) is 0 Å². The second-order valence-electron chi connectivity index (χ2n) is 4.58. The summed E-state index contributed by atoms with van der Waals surface area (Å²) in [4.78, 5) is 0. The smallest absolute Gasteiger partial charge is 0.0833 e. The first-order chi connectivity index (χ1) is 6.32. The van der Waals surface area contributed by atoms with Crippen LogP contribution in [0.3, 0.4) is 0 Å². The first-order valence-corrected chi connectivity index (χ1v) is 5.55. The Bertz CT molecular complexity index is 171. The van der Waals surface area contributed by atoms with Crippen molar-refractivity contribution in [2.24, 2.45) is 5.92 Å². The molecule has 2 fully saturated rings. The summed E-state index contributed by atoms with van der Waals surface area (Å²) < 4.78 is 5.79. The van der Waals surface area contributed by atoms with Gasteiger partial charge in [-0.25, -0.2) is 0 Å². The van der Waals surface area contributed by atoms with Crippen molar-refractivity contribution in [1.82, 2.24) is 5.32 Å². The lowest BCUT2D eigenvalue weighted by molar-refractivity contribution is -0.0396. The minimum Gasteiger partial charge on any atom is -0.377 e. The van der Waals surface area contributed by atoms with Crippen LogP contribution in [0.4, 0.5) is 0 Å². The summed E-state index contributed by atoms with van der Waals surface area (Å²) in [6.07, 6.45) is 8.00. The third kappa shape index (κ3) is 1.62. The molecule has 1 N–H and O–H groups in total. The van der Waals surface area contributed by atoms with E-state index in [1.165, 1.54) is 38.5 Å². The molecule has 2 aliphatic carbocycles. The summed E-state index contributed by atoms with van der Waals surface area (Å²) in [7, 11) is 3.97. The molecule has 0 radical (unpaired) electrons. The van der Waals surface area contributed by atoms with Gasteiger partial charge >= 0.3 is 0 Å². The largest absolute Gasteiger partial charge is 0.377 e. The predicted molar refractivity (Wildman–Crippen MR) is 53.8 cm³/mol. The van der Waals surface area contributed by atoms with Crippen molar-refractivity contribution in [2.45, 2.75) is 50.2 Å². The Balaban J connectivity index is 2.07. The second-order valence-corrected chi connectivity index (χ2v) is 4.58. The molecule has 2 saturated carbocycles. The molecule has 0 heterocycles. The average molecular weight is 183 g/mol. The molecule has 1 unspecified atom stereocenters. The van der Waals surface area contributed by atoms with Crippen LogP contribution in [0.2, 0.25) is 0 Å². The Morgan fingerprint density at radius 2 is 1.92 bits per heavy atom. The predicted octanol–water partition coefficient (Wildman–Crippen LogP) is 1.94. The van der Waals surface area contributed by atoms with Crippen molar-refractivity contribution >= 4 is 0 Å². The van der Waals surface area contributed by atoms with E-state index in [1.54, 1.807) is 0 Å². The van der Waals surface area contributed by atoms with Gasteiger partial charge in [0.05, 0.1) is 5.60 Å². The molecule has 0 aliphatic heterocycles. The Morgan fingerprint density at radius 1 is 1.31 bits per heavy atom. The molecule has 0 bridgehead atoms. The minimum atomic E-state index is 0.177. The van der Waals surface area contributed by atoms with E-state index in [0.29, 0.717) is 6.04 Å². The molecule has 0 aromatic carbocycles. The van der Waals surface area contributed by atoms with Crippen LogP contribution in [0, 0.1) is 5.92 Å². The van der Waals surface area contributed by atoms with E-state index < -0.39 is 0 Å². The van der Waals surface area contributed by atoms with E-state index in [9.17, 15) is 0 Å². The quantitative estimate of drug-likeness (QED) is 0.719. The molecule has 76 valence electrons. The zero-order valence-electron chi connectivity index (χ0n) is 8.81. The van der Waals surface area contributed by atoms with Gasteiger partial charge in [0.1, 0.15) is 0 Å². The Kier molecular flexibility index (Phi) is 2.61. The molecular formula is C11H21NO. The fourth-order valence-corrected chi connectivity index (χ4v) is 2.97. The van der Waals surface area contributed by atoms with Crippen LogP contribution >= 0.6 is 0 Å². The summed E-state index contributed by atoms with van der Waals surface area (Å²) in [5.74, 6) is 0.892. The molecule has 0 aromatic rings. The molecule has 2 heteroatoms. The summed E-state index contributed by atoms with van der Waals surface area (Å²) in [5.41, 5.74) is 0.177. The first-order valence-electron chi connectivity index (χ1n) is 5.55. The zero-order chi connectivity index (χ0) is 9.31. The van der Waals surface area contributed by atoms with Crippen molar-refractivity contribution in [3.05, 3.63) is 0 Å². The topological polar surface area (TPSA) is 21.3 Å². The molecular weight excluding hydrogens is 162 g/mol. The van der Waals surface area contributed by atoms with Crippen LogP contribution in [0.15, 0.2) is 0 Å². The third-order valence-corrected chi connectivity index (χ3v) is 3.83. The van der Waals surface area contributed by atoms with E-state index in [1.807, 2.05) is 7.11 Å². The number of nitrogens with one attached hydrogen (secondary N) is 1. The SMILES string of the molecule is CNC(C1CC1)C1(OC)CCCC1. The van der Waals surface area contributed by atoms with Gasteiger partial charge in [0.15, 0.2) is 0 Å². The second kappa shape index (κ2) is 3.58. The average Bonchev–Trinajstić information content (AvgIpc) is 2.85. The number of hydrogen-bond acceptors (Lipinski definition) is 2. The number of methoxy groups -OCH3 is 1. The lowest BCUT2D eigenvalue weighted by Crippen LogP contribution is -2.50. The molecule has 2 aliphatic rings. The molecule has 0 spiro atoms. The van der Waals surface area contributed by atoms with Crippen LogP contribution in [0.1, 0.15) is 38.5 Å². The maximum Gasteiger partial charge on any atom is 0.0833 e. The van der Waals surface area contributed by atoms with Gasteiger partial charge in [-0.05, 0) is 38.6 Å². The highest BCUT2D eigenvalue weighted by molar-refractivity contribution is 5.03. The van der Waals surface area contributed by atoms with Crippen molar-refractivity contribution in [1.29, 1.82) is 0 Å². The zero-order valence-corrected chi connectivity index (χ0v) is 8.81. The highest BCUT2D eigenvalue weighted by Gasteiger charge is 2.47. The fourth-order valence-electron chi connectivity index (χ4n) is 2.97. The van der Waals surface area contributed by atoms with Gasteiger partial charge in [-0.3, -0.25) is 0 Å². The monoisotopic (exact) mass is 183 g/mol. The number of likely N-dealkylation sites (N-methyl/N-ethyl adjacent to an activating group) is 1. The van der Waals surface area contributed by atoms with Gasteiger partial charge in [-0.2, -0.15) is 0 Å². The van der Waals surface area contributed by atoms with Crippen molar-refractivity contribution in [3.63, 3.8) is 0 Å². The number of ether oxygens (including phenoxy) is 1. The van der Waals surface area contributed by atoms with Crippen LogP contribution in [0.5, 0.6) is 0 Å². The van der Waals surface area contributed by atoms with Gasteiger partial charge in [0.2, 0.25) is 0 Å². The summed E-state index contributed by atoms with van der Waals surface area (Å²) in [5, 5.41) is 3.47. The van der Waals surface area contributed by atoms with E-state index >= 15 is 0 Å². The number of rotatable bonds is 4. The van der Waals surface area contributed by atoms with E-state index in [2.05, 4.69) is 12.4 Å². The molecule has 2 nitrogen and oxygen atoms in total.